The summed E-state index contributed by atoms with van der Waals surface area (Å²) in [4.78, 5) is 13.7. The number of benzene rings is 1. The molecule has 3 nitrogen and oxygen atoms in total. The van der Waals surface area contributed by atoms with E-state index in [9.17, 15) is 4.79 Å². The highest BCUT2D eigenvalue weighted by atomic mass is 35.5. The Kier molecular flexibility index (Phi) is 5.45. The average Bonchev–Trinajstić information content (AvgIpc) is 2.82. The smallest absolute Gasteiger partial charge is 0.228 e. The number of halogens is 1. The molecule has 94 valence electrons. The summed E-state index contributed by atoms with van der Waals surface area (Å²) in [6, 6.07) is 10.2. The predicted octanol–water partition coefficient (Wildman–Crippen LogP) is 2.21. The number of anilines is 1. The minimum Gasteiger partial charge on any atom is -0.315 e. The van der Waals surface area contributed by atoms with Crippen LogP contribution in [0.25, 0.3) is 0 Å². The van der Waals surface area contributed by atoms with Gasteiger partial charge in [0.05, 0.1) is 0 Å². The van der Waals surface area contributed by atoms with Crippen molar-refractivity contribution < 1.29 is 4.79 Å². The Hall–Kier alpha value is -1.06. The summed E-state index contributed by atoms with van der Waals surface area (Å²) in [7, 11) is 1.84. The highest BCUT2D eigenvalue weighted by molar-refractivity contribution is 5.93. The van der Waals surface area contributed by atoms with E-state index in [2.05, 4.69) is 5.32 Å². The molecule has 2 rings (SSSR count). The van der Waals surface area contributed by atoms with Crippen molar-refractivity contribution >= 4 is 24.0 Å². The number of nitrogens with one attached hydrogen (secondary N) is 1. The van der Waals surface area contributed by atoms with Crippen molar-refractivity contribution in [3.05, 3.63) is 30.3 Å². The number of rotatable bonds is 3. The molecule has 1 unspecified atom stereocenters. The number of carbonyl (C=O) groups is 1. The van der Waals surface area contributed by atoms with E-state index in [4.69, 9.17) is 0 Å². The van der Waals surface area contributed by atoms with Crippen LogP contribution in [0.2, 0.25) is 0 Å². The summed E-state index contributed by atoms with van der Waals surface area (Å²) in [5.74, 6) is 0.186. The zero-order chi connectivity index (χ0) is 11.4. The van der Waals surface area contributed by atoms with Crippen molar-refractivity contribution in [2.24, 2.45) is 0 Å². The minimum atomic E-state index is 0. The van der Waals surface area contributed by atoms with Crippen LogP contribution >= 0.6 is 12.4 Å². The van der Waals surface area contributed by atoms with Crippen molar-refractivity contribution in [3.63, 3.8) is 0 Å². The third-order valence-electron chi connectivity index (χ3n) is 3.10. The van der Waals surface area contributed by atoms with Gasteiger partial charge in [-0.25, -0.2) is 0 Å². The van der Waals surface area contributed by atoms with E-state index in [1.807, 2.05) is 37.4 Å². The van der Waals surface area contributed by atoms with Gasteiger partial charge in [0.1, 0.15) is 0 Å². The lowest BCUT2D eigenvalue weighted by Gasteiger charge is -2.19. The summed E-state index contributed by atoms with van der Waals surface area (Å²) < 4.78 is 0. The minimum absolute atomic E-state index is 0. The van der Waals surface area contributed by atoms with Crippen molar-refractivity contribution in [1.82, 2.24) is 5.32 Å². The number of amides is 1. The Bertz CT molecular complexity index is 350. The second-order valence-electron chi connectivity index (χ2n) is 4.29. The summed E-state index contributed by atoms with van der Waals surface area (Å²) in [5.41, 5.74) is 0.963. The number of para-hydroxylation sites is 1. The number of carbonyl (C=O) groups excluding carboxylic acids is 1. The molecule has 1 atom stereocenters. The highest BCUT2D eigenvalue weighted by Gasteiger charge is 2.20. The Labute approximate surface area is 109 Å². The lowest BCUT2D eigenvalue weighted by molar-refractivity contribution is -0.118. The number of nitrogens with zero attached hydrogens (tertiary/aromatic N) is 1. The van der Waals surface area contributed by atoms with Crippen molar-refractivity contribution in [3.8, 4) is 0 Å². The molecule has 1 fully saturated rings. The molecule has 0 aliphatic carbocycles. The average molecular weight is 255 g/mol. The highest BCUT2D eigenvalue weighted by Crippen LogP contribution is 2.15. The SMILES string of the molecule is CN(C(=O)CC1CCCN1)c1ccccc1.Cl. The van der Waals surface area contributed by atoms with Gasteiger partial charge in [0.15, 0.2) is 0 Å². The largest absolute Gasteiger partial charge is 0.315 e. The zero-order valence-electron chi connectivity index (χ0n) is 10.1. The van der Waals surface area contributed by atoms with E-state index in [0.717, 1.165) is 18.7 Å². The summed E-state index contributed by atoms with van der Waals surface area (Å²) >= 11 is 0. The molecule has 1 heterocycles. The van der Waals surface area contributed by atoms with Gasteiger partial charge in [-0.2, -0.15) is 0 Å². The maximum atomic E-state index is 12.0. The molecule has 0 spiro atoms. The van der Waals surface area contributed by atoms with Gasteiger partial charge < -0.3 is 10.2 Å². The molecular weight excluding hydrogens is 236 g/mol. The first-order valence-electron chi connectivity index (χ1n) is 5.82. The molecule has 0 bridgehead atoms. The van der Waals surface area contributed by atoms with E-state index in [-0.39, 0.29) is 18.3 Å². The van der Waals surface area contributed by atoms with Gasteiger partial charge in [-0.15, -0.1) is 12.4 Å². The Morgan fingerprint density at radius 3 is 2.71 bits per heavy atom. The summed E-state index contributed by atoms with van der Waals surface area (Å²) in [6.45, 7) is 1.05. The molecule has 1 saturated heterocycles. The fraction of sp³-hybridized carbons (Fsp3) is 0.462. The first kappa shape index (κ1) is 14.0. The maximum absolute atomic E-state index is 12.0. The Balaban J connectivity index is 0.00000144. The van der Waals surface area contributed by atoms with Gasteiger partial charge >= 0.3 is 0 Å². The molecule has 0 aromatic heterocycles. The topological polar surface area (TPSA) is 32.3 Å². The molecular formula is C13H19ClN2O. The van der Waals surface area contributed by atoms with Crippen LogP contribution in [0.3, 0.4) is 0 Å². The van der Waals surface area contributed by atoms with Gasteiger partial charge in [0.2, 0.25) is 5.91 Å². The van der Waals surface area contributed by atoms with Gasteiger partial charge in [0.25, 0.3) is 0 Å². The predicted molar refractivity (Wildman–Crippen MR) is 72.7 cm³/mol. The van der Waals surface area contributed by atoms with Crippen LogP contribution in [0.15, 0.2) is 30.3 Å². The zero-order valence-corrected chi connectivity index (χ0v) is 10.9. The quantitative estimate of drug-likeness (QED) is 0.897. The van der Waals surface area contributed by atoms with Crippen LogP contribution in [-0.4, -0.2) is 25.5 Å². The molecule has 1 aromatic carbocycles. The summed E-state index contributed by atoms with van der Waals surface area (Å²) in [6.07, 6.45) is 2.91. The molecule has 0 saturated carbocycles. The van der Waals surface area contributed by atoms with Crippen molar-refractivity contribution in [1.29, 1.82) is 0 Å². The maximum Gasteiger partial charge on any atom is 0.228 e. The van der Waals surface area contributed by atoms with Gasteiger partial charge in [-0.05, 0) is 31.5 Å². The molecule has 17 heavy (non-hydrogen) atoms. The Morgan fingerprint density at radius 2 is 2.12 bits per heavy atom. The van der Waals surface area contributed by atoms with Gasteiger partial charge in [0, 0.05) is 25.2 Å². The Morgan fingerprint density at radius 1 is 1.41 bits per heavy atom. The van der Waals surface area contributed by atoms with Crippen LogP contribution in [-0.2, 0) is 4.79 Å². The molecule has 1 amide bonds. The second kappa shape index (κ2) is 6.62. The monoisotopic (exact) mass is 254 g/mol. The van der Waals surface area contributed by atoms with Crippen LogP contribution in [0, 0.1) is 0 Å². The fourth-order valence-corrected chi connectivity index (χ4v) is 2.07. The van der Waals surface area contributed by atoms with E-state index >= 15 is 0 Å². The van der Waals surface area contributed by atoms with Gasteiger partial charge in [-0.1, -0.05) is 18.2 Å². The molecule has 1 aromatic rings. The standard InChI is InChI=1S/C13H18N2O.ClH/c1-15(12-7-3-2-4-8-12)13(16)10-11-6-5-9-14-11;/h2-4,7-8,11,14H,5-6,9-10H2,1H3;1H. The normalized spacial score (nSPS) is 18.5. The number of hydrogen-bond acceptors (Lipinski definition) is 2. The molecule has 4 heteroatoms. The van der Waals surface area contributed by atoms with Crippen molar-refractivity contribution in [2.75, 3.05) is 18.5 Å². The van der Waals surface area contributed by atoms with Crippen LogP contribution < -0.4 is 10.2 Å². The lowest BCUT2D eigenvalue weighted by atomic mass is 10.1. The summed E-state index contributed by atoms with van der Waals surface area (Å²) in [5, 5.41) is 3.35. The van der Waals surface area contributed by atoms with E-state index in [1.54, 1.807) is 4.90 Å². The number of hydrogen-bond donors (Lipinski definition) is 1. The molecule has 1 aliphatic rings. The molecule has 1 N–H and O–H groups in total. The van der Waals surface area contributed by atoms with E-state index in [1.165, 1.54) is 6.42 Å². The molecule has 0 radical (unpaired) electrons. The fourth-order valence-electron chi connectivity index (χ4n) is 2.07. The third-order valence-corrected chi connectivity index (χ3v) is 3.10. The van der Waals surface area contributed by atoms with E-state index < -0.39 is 0 Å². The van der Waals surface area contributed by atoms with E-state index in [0.29, 0.717) is 12.5 Å². The van der Waals surface area contributed by atoms with Crippen LogP contribution in [0.5, 0.6) is 0 Å². The molecule has 1 aliphatic heterocycles. The van der Waals surface area contributed by atoms with Gasteiger partial charge in [-0.3, -0.25) is 4.79 Å². The second-order valence-corrected chi connectivity index (χ2v) is 4.29. The van der Waals surface area contributed by atoms with Crippen LogP contribution in [0.1, 0.15) is 19.3 Å². The third kappa shape index (κ3) is 3.72. The van der Waals surface area contributed by atoms with Crippen molar-refractivity contribution in [2.45, 2.75) is 25.3 Å². The first-order chi connectivity index (χ1) is 7.77. The lowest BCUT2D eigenvalue weighted by Crippen LogP contribution is -2.33. The first-order valence-corrected chi connectivity index (χ1v) is 5.82. The van der Waals surface area contributed by atoms with Crippen LogP contribution in [0.4, 0.5) is 5.69 Å².